The van der Waals surface area contributed by atoms with Gasteiger partial charge < -0.3 is 10.1 Å². The Hall–Kier alpha value is -2.50. The van der Waals surface area contributed by atoms with Gasteiger partial charge in [0.15, 0.2) is 5.78 Å². The molecule has 0 saturated carbocycles. The van der Waals surface area contributed by atoms with E-state index in [1.54, 1.807) is 25.1 Å². The second kappa shape index (κ2) is 11.8. The number of nitrogens with one attached hydrogen (secondary N) is 1. The summed E-state index contributed by atoms with van der Waals surface area (Å²) in [4.78, 5) is 25.0. The van der Waals surface area contributed by atoms with Gasteiger partial charge in [-0.15, -0.1) is 0 Å². The lowest BCUT2D eigenvalue weighted by Crippen LogP contribution is -2.40. The highest BCUT2D eigenvalue weighted by atomic mass is 32.2. The first-order valence-corrected chi connectivity index (χ1v) is 13.1. The summed E-state index contributed by atoms with van der Waals surface area (Å²) in [6.07, 6.45) is 0.768. The maximum atomic E-state index is 13.1. The van der Waals surface area contributed by atoms with Crippen molar-refractivity contribution in [2.24, 2.45) is 5.92 Å². The first kappa shape index (κ1) is 26.1. The fourth-order valence-electron chi connectivity index (χ4n) is 3.61. The van der Waals surface area contributed by atoms with Gasteiger partial charge in [0, 0.05) is 29.2 Å². The summed E-state index contributed by atoms with van der Waals surface area (Å²) in [5, 5.41) is 2.92. The van der Waals surface area contributed by atoms with E-state index in [1.165, 1.54) is 34.6 Å². The summed E-state index contributed by atoms with van der Waals surface area (Å²) in [5.41, 5.74) is 0.820. The zero-order chi connectivity index (χ0) is 24.7. The van der Waals surface area contributed by atoms with Crippen molar-refractivity contribution in [3.8, 4) is 0 Å². The average molecular weight is 513 g/mol. The number of Topliss-reactive ketones (excluding diaryl/α,β-unsaturated/α-hetero) is 1. The summed E-state index contributed by atoms with van der Waals surface area (Å²) >= 11 is 0.436. The lowest BCUT2D eigenvalue weighted by molar-refractivity contribution is -0.149. The minimum absolute atomic E-state index is 0.0151. The highest BCUT2D eigenvalue weighted by Gasteiger charge is 2.33. The number of carbonyl (C=O) groups excluding carboxylic acids is 2. The number of rotatable bonds is 10. The van der Waals surface area contributed by atoms with E-state index in [1.807, 2.05) is 0 Å². The summed E-state index contributed by atoms with van der Waals surface area (Å²) in [6.45, 7) is 2.33. The van der Waals surface area contributed by atoms with Crippen LogP contribution in [0.15, 0.2) is 58.3 Å². The van der Waals surface area contributed by atoms with E-state index in [2.05, 4.69) is 5.32 Å². The second-order valence-corrected chi connectivity index (χ2v) is 10.6. The van der Waals surface area contributed by atoms with Gasteiger partial charge in [-0.05, 0) is 56.2 Å². The molecule has 1 heterocycles. The van der Waals surface area contributed by atoms with Gasteiger partial charge in [0.2, 0.25) is 10.0 Å². The number of thioether (sulfide) groups is 1. The Labute approximate surface area is 201 Å². The molecule has 1 aliphatic heterocycles. The topological polar surface area (TPSA) is 92.8 Å². The molecule has 0 unspecified atom stereocenters. The highest BCUT2D eigenvalue weighted by molar-refractivity contribution is 7.99. The quantitative estimate of drug-likeness (QED) is 0.289. The van der Waals surface area contributed by atoms with Crippen LogP contribution in [0.1, 0.15) is 30.1 Å². The predicted octanol–water partition coefficient (Wildman–Crippen LogP) is 4.26. The van der Waals surface area contributed by atoms with E-state index >= 15 is 0 Å². The molecule has 0 amide bonds. The average Bonchev–Trinajstić information content (AvgIpc) is 2.83. The van der Waals surface area contributed by atoms with Gasteiger partial charge in [-0.1, -0.05) is 23.9 Å². The number of sulfonamides is 1. The molecule has 2 aromatic rings. The third-order valence-corrected chi connectivity index (χ3v) is 8.02. The molecule has 0 spiro atoms. The van der Waals surface area contributed by atoms with E-state index in [0.29, 0.717) is 35.2 Å². The minimum atomic E-state index is -3.82. The van der Waals surface area contributed by atoms with Crippen molar-refractivity contribution in [2.45, 2.75) is 35.3 Å². The second-order valence-electron chi connectivity index (χ2n) is 7.64. The number of alkyl halides is 2. The fourth-order valence-corrected chi connectivity index (χ4v) is 5.62. The Kier molecular flexibility index (Phi) is 9.03. The van der Waals surface area contributed by atoms with Crippen LogP contribution in [-0.2, 0) is 19.6 Å². The van der Waals surface area contributed by atoms with E-state index in [-0.39, 0.29) is 54.4 Å². The third-order valence-electron chi connectivity index (χ3n) is 5.40. The molecule has 1 aliphatic rings. The Morgan fingerprint density at radius 1 is 1.15 bits per heavy atom. The maximum absolute atomic E-state index is 13.1. The number of hydrogen-bond donors (Lipinski definition) is 1. The van der Waals surface area contributed by atoms with Gasteiger partial charge in [0.05, 0.1) is 24.0 Å². The smallest absolute Gasteiger partial charge is 0.309 e. The van der Waals surface area contributed by atoms with Crippen molar-refractivity contribution in [3.63, 3.8) is 0 Å². The molecule has 1 fully saturated rings. The Bertz CT molecular complexity index is 1100. The Balaban J connectivity index is 1.61. The van der Waals surface area contributed by atoms with Crippen LogP contribution in [0, 0.1) is 5.92 Å². The minimum Gasteiger partial charge on any atom is -0.466 e. The first-order chi connectivity index (χ1) is 16.2. The number of carbonyl (C=O) groups is 2. The molecule has 1 saturated heterocycles. The van der Waals surface area contributed by atoms with E-state index < -0.39 is 15.8 Å². The zero-order valence-corrected chi connectivity index (χ0v) is 20.2. The zero-order valence-electron chi connectivity index (χ0n) is 18.6. The predicted molar refractivity (Wildman–Crippen MR) is 126 cm³/mol. The van der Waals surface area contributed by atoms with Gasteiger partial charge in [0.25, 0.3) is 5.76 Å². The number of halogens is 2. The van der Waals surface area contributed by atoms with Crippen LogP contribution < -0.4 is 5.32 Å². The standard InChI is InChI=1S/C23H26F2N2O5S2/c1-2-32-22(29)16-10-12-27(13-11-16)34(30,31)20-5-3-4-17(14-20)21(28)15-26-18-6-8-19(9-7-18)33-23(24)25/h3-9,14,16,23,26H,2,10-13,15H2,1H3. The number of ketones is 1. The number of piperidine rings is 1. The fraction of sp³-hybridized carbons (Fsp3) is 0.391. The maximum Gasteiger partial charge on any atom is 0.309 e. The number of ether oxygens (including phenoxy) is 1. The normalized spacial score (nSPS) is 15.3. The molecule has 0 bridgehead atoms. The third kappa shape index (κ3) is 6.77. The van der Waals surface area contributed by atoms with Crippen molar-refractivity contribution in [1.29, 1.82) is 0 Å². The molecule has 1 N–H and O–H groups in total. The van der Waals surface area contributed by atoms with Crippen LogP contribution in [0.5, 0.6) is 0 Å². The molecule has 184 valence electrons. The van der Waals surface area contributed by atoms with Crippen molar-refractivity contribution < 1.29 is 31.5 Å². The monoisotopic (exact) mass is 512 g/mol. The van der Waals surface area contributed by atoms with Crippen LogP contribution in [0.3, 0.4) is 0 Å². The van der Waals surface area contributed by atoms with E-state index in [0.717, 1.165) is 0 Å². The molecule has 7 nitrogen and oxygen atoms in total. The molecule has 3 rings (SSSR count). The van der Waals surface area contributed by atoms with Crippen LogP contribution in [0.25, 0.3) is 0 Å². The lowest BCUT2D eigenvalue weighted by Gasteiger charge is -2.30. The van der Waals surface area contributed by atoms with Gasteiger partial charge in [-0.2, -0.15) is 13.1 Å². The van der Waals surface area contributed by atoms with Crippen LogP contribution >= 0.6 is 11.8 Å². The van der Waals surface area contributed by atoms with Gasteiger partial charge in [0.1, 0.15) is 0 Å². The first-order valence-electron chi connectivity index (χ1n) is 10.8. The molecule has 0 radical (unpaired) electrons. The summed E-state index contributed by atoms with van der Waals surface area (Å²) in [6, 6.07) is 12.1. The molecule has 0 aromatic heterocycles. The largest absolute Gasteiger partial charge is 0.466 e. The molecule has 0 aliphatic carbocycles. The number of anilines is 1. The highest BCUT2D eigenvalue weighted by Crippen LogP contribution is 2.27. The Morgan fingerprint density at radius 3 is 2.44 bits per heavy atom. The molecule has 0 atom stereocenters. The van der Waals surface area contributed by atoms with Crippen molar-refractivity contribution in [2.75, 3.05) is 31.6 Å². The molecular formula is C23H26F2N2O5S2. The number of hydrogen-bond acceptors (Lipinski definition) is 7. The number of esters is 1. The molecule has 11 heteroatoms. The molecular weight excluding hydrogens is 486 g/mol. The van der Waals surface area contributed by atoms with Crippen molar-refractivity contribution in [1.82, 2.24) is 4.31 Å². The summed E-state index contributed by atoms with van der Waals surface area (Å²) in [5.74, 6) is -3.44. The number of nitrogens with zero attached hydrogens (tertiary/aromatic N) is 1. The van der Waals surface area contributed by atoms with Crippen LogP contribution in [-0.4, -0.2) is 56.5 Å². The summed E-state index contributed by atoms with van der Waals surface area (Å²) < 4.78 is 57.3. The SMILES string of the molecule is CCOC(=O)C1CCN(S(=O)(=O)c2cccc(C(=O)CNc3ccc(SC(F)F)cc3)c2)CC1. The van der Waals surface area contributed by atoms with Crippen LogP contribution in [0.4, 0.5) is 14.5 Å². The van der Waals surface area contributed by atoms with Gasteiger partial charge in [-0.3, -0.25) is 9.59 Å². The summed E-state index contributed by atoms with van der Waals surface area (Å²) in [7, 11) is -3.82. The van der Waals surface area contributed by atoms with Crippen molar-refractivity contribution in [3.05, 3.63) is 54.1 Å². The van der Waals surface area contributed by atoms with Gasteiger partial charge in [-0.25, -0.2) is 8.42 Å². The van der Waals surface area contributed by atoms with Crippen LogP contribution in [0.2, 0.25) is 0 Å². The molecule has 34 heavy (non-hydrogen) atoms. The van der Waals surface area contributed by atoms with Gasteiger partial charge >= 0.3 is 5.97 Å². The van der Waals surface area contributed by atoms with E-state index in [9.17, 15) is 26.8 Å². The Morgan fingerprint density at radius 2 is 1.82 bits per heavy atom. The van der Waals surface area contributed by atoms with Crippen molar-refractivity contribution >= 4 is 39.2 Å². The molecule has 2 aromatic carbocycles. The lowest BCUT2D eigenvalue weighted by atomic mass is 9.98. The number of benzene rings is 2. The van der Waals surface area contributed by atoms with E-state index in [4.69, 9.17) is 4.74 Å².